The highest BCUT2D eigenvalue weighted by Gasteiger charge is 2.14. The second-order valence-electron chi connectivity index (χ2n) is 5.47. The third kappa shape index (κ3) is 2.63. The molecule has 4 heteroatoms. The SMILES string of the molecule is CC=Cc1cccc2c1n(C)c(=N)n2CC(=O)c1ccccc1. The molecule has 1 heterocycles. The molecule has 0 radical (unpaired) electrons. The standard InChI is InChI=1S/C19H19N3O/c1-3-8-15-11-7-12-16-18(15)21(2)19(20)22(16)13-17(23)14-9-5-4-6-10-14/h3-12,20H,13H2,1-2H3. The van der Waals surface area contributed by atoms with Crippen LogP contribution in [0.4, 0.5) is 0 Å². The zero-order valence-electron chi connectivity index (χ0n) is 13.3. The van der Waals surface area contributed by atoms with Gasteiger partial charge in [-0.3, -0.25) is 10.2 Å². The number of aryl methyl sites for hydroxylation is 1. The van der Waals surface area contributed by atoms with Gasteiger partial charge < -0.3 is 9.13 Å². The molecule has 3 aromatic rings. The third-order valence-electron chi connectivity index (χ3n) is 3.99. The number of imidazole rings is 1. The van der Waals surface area contributed by atoms with Crippen molar-refractivity contribution in [2.24, 2.45) is 7.05 Å². The van der Waals surface area contributed by atoms with Gasteiger partial charge in [0.15, 0.2) is 5.78 Å². The van der Waals surface area contributed by atoms with Crippen molar-refractivity contribution in [1.29, 1.82) is 5.41 Å². The monoisotopic (exact) mass is 305 g/mol. The predicted octanol–water partition coefficient (Wildman–Crippen LogP) is 3.38. The molecule has 0 fully saturated rings. The quantitative estimate of drug-likeness (QED) is 0.738. The van der Waals surface area contributed by atoms with Crippen molar-refractivity contribution in [1.82, 2.24) is 9.13 Å². The Labute approximate surface area is 134 Å². The topological polar surface area (TPSA) is 50.8 Å². The molecule has 0 saturated carbocycles. The number of benzene rings is 2. The fourth-order valence-corrected chi connectivity index (χ4v) is 2.87. The Balaban J connectivity index is 2.12. The molecule has 3 rings (SSSR count). The van der Waals surface area contributed by atoms with E-state index in [4.69, 9.17) is 5.41 Å². The summed E-state index contributed by atoms with van der Waals surface area (Å²) in [5.41, 5.74) is 3.91. The Bertz CT molecular complexity index is 946. The van der Waals surface area contributed by atoms with E-state index in [1.165, 1.54) is 0 Å². The van der Waals surface area contributed by atoms with E-state index in [1.54, 1.807) is 4.57 Å². The van der Waals surface area contributed by atoms with Crippen LogP contribution in [0.2, 0.25) is 0 Å². The van der Waals surface area contributed by atoms with Gasteiger partial charge in [-0.25, -0.2) is 0 Å². The number of nitrogens with one attached hydrogen (secondary N) is 1. The van der Waals surface area contributed by atoms with Gasteiger partial charge in [-0.15, -0.1) is 0 Å². The molecule has 0 aliphatic rings. The molecule has 1 N–H and O–H groups in total. The molecule has 23 heavy (non-hydrogen) atoms. The van der Waals surface area contributed by atoms with E-state index in [0.29, 0.717) is 11.2 Å². The van der Waals surface area contributed by atoms with Crippen LogP contribution in [0.15, 0.2) is 54.6 Å². The van der Waals surface area contributed by atoms with E-state index >= 15 is 0 Å². The molecule has 4 nitrogen and oxygen atoms in total. The fraction of sp³-hybridized carbons (Fsp3) is 0.158. The highest BCUT2D eigenvalue weighted by atomic mass is 16.1. The van der Waals surface area contributed by atoms with E-state index < -0.39 is 0 Å². The van der Waals surface area contributed by atoms with Crippen LogP contribution in [-0.4, -0.2) is 14.9 Å². The van der Waals surface area contributed by atoms with Gasteiger partial charge in [0.05, 0.1) is 17.6 Å². The van der Waals surface area contributed by atoms with Crippen LogP contribution >= 0.6 is 0 Å². The van der Waals surface area contributed by atoms with Gasteiger partial charge in [-0.1, -0.05) is 54.6 Å². The number of fused-ring (bicyclic) bond motifs is 1. The molecule has 0 spiro atoms. The Morgan fingerprint density at radius 1 is 1.13 bits per heavy atom. The van der Waals surface area contributed by atoms with E-state index in [2.05, 4.69) is 0 Å². The number of nitrogens with zero attached hydrogens (tertiary/aromatic N) is 2. The molecule has 0 aliphatic carbocycles. The maximum Gasteiger partial charge on any atom is 0.203 e. The summed E-state index contributed by atoms with van der Waals surface area (Å²) in [6.45, 7) is 2.13. The van der Waals surface area contributed by atoms with E-state index in [9.17, 15) is 4.79 Å². The van der Waals surface area contributed by atoms with Crippen molar-refractivity contribution in [2.45, 2.75) is 13.5 Å². The molecule has 1 aromatic heterocycles. The predicted molar refractivity (Wildman–Crippen MR) is 92.2 cm³/mol. The molecule has 0 saturated heterocycles. The number of hydrogen-bond acceptors (Lipinski definition) is 2. The van der Waals surface area contributed by atoms with Crippen molar-refractivity contribution in [3.8, 4) is 0 Å². The molecule has 2 aromatic carbocycles. The Kier molecular flexibility index (Phi) is 3.98. The number of aromatic nitrogens is 2. The van der Waals surface area contributed by atoms with Crippen molar-refractivity contribution >= 4 is 22.9 Å². The molecule has 0 aliphatic heterocycles. The second-order valence-corrected chi connectivity index (χ2v) is 5.47. The summed E-state index contributed by atoms with van der Waals surface area (Å²) in [6.07, 6.45) is 4.00. The first-order valence-electron chi connectivity index (χ1n) is 7.57. The molecular weight excluding hydrogens is 286 g/mol. The lowest BCUT2D eigenvalue weighted by Gasteiger charge is -2.04. The first-order chi connectivity index (χ1) is 11.1. The summed E-state index contributed by atoms with van der Waals surface area (Å²) in [5.74, 6) is 0.00744. The van der Waals surface area contributed by atoms with Gasteiger partial charge in [0.2, 0.25) is 5.62 Å². The van der Waals surface area contributed by atoms with Crippen LogP contribution in [-0.2, 0) is 13.6 Å². The fourth-order valence-electron chi connectivity index (χ4n) is 2.87. The second kappa shape index (κ2) is 6.08. The maximum absolute atomic E-state index is 12.5. The lowest BCUT2D eigenvalue weighted by atomic mass is 10.1. The number of Topliss-reactive ketones (excluding diaryl/α,β-unsaturated/α-hetero) is 1. The van der Waals surface area contributed by atoms with Crippen molar-refractivity contribution in [3.63, 3.8) is 0 Å². The number of hydrogen-bond donors (Lipinski definition) is 1. The number of allylic oxidation sites excluding steroid dienone is 1. The Hall–Kier alpha value is -2.88. The maximum atomic E-state index is 12.5. The molecule has 116 valence electrons. The number of ketones is 1. The largest absolute Gasteiger partial charge is 0.313 e. The number of carbonyl (C=O) groups excluding carboxylic acids is 1. The first kappa shape index (κ1) is 15.0. The van der Waals surface area contributed by atoms with Crippen LogP contribution in [0.1, 0.15) is 22.8 Å². The first-order valence-corrected chi connectivity index (χ1v) is 7.57. The van der Waals surface area contributed by atoms with Crippen LogP contribution in [0.5, 0.6) is 0 Å². The van der Waals surface area contributed by atoms with Crippen LogP contribution in [0, 0.1) is 5.41 Å². The van der Waals surface area contributed by atoms with Gasteiger partial charge in [-0.2, -0.15) is 0 Å². The Morgan fingerprint density at radius 3 is 2.57 bits per heavy atom. The van der Waals surface area contributed by atoms with Crippen molar-refractivity contribution in [3.05, 3.63) is 71.4 Å². The summed E-state index contributed by atoms with van der Waals surface area (Å²) in [6, 6.07) is 15.1. The molecule has 0 atom stereocenters. The summed E-state index contributed by atoms with van der Waals surface area (Å²) in [4.78, 5) is 12.5. The van der Waals surface area contributed by atoms with E-state index in [-0.39, 0.29) is 12.3 Å². The zero-order valence-corrected chi connectivity index (χ0v) is 13.3. The van der Waals surface area contributed by atoms with Gasteiger partial charge in [-0.05, 0) is 13.0 Å². The molecule has 0 amide bonds. The van der Waals surface area contributed by atoms with E-state index in [1.807, 2.05) is 79.2 Å². The minimum atomic E-state index is 0.00744. The average Bonchev–Trinajstić information content (AvgIpc) is 2.82. The zero-order chi connectivity index (χ0) is 16.4. The summed E-state index contributed by atoms with van der Waals surface area (Å²) < 4.78 is 3.58. The number of rotatable bonds is 4. The summed E-state index contributed by atoms with van der Waals surface area (Å²) in [7, 11) is 1.86. The smallest absolute Gasteiger partial charge is 0.203 e. The normalized spacial score (nSPS) is 11.4. The highest BCUT2D eigenvalue weighted by molar-refractivity contribution is 5.97. The van der Waals surface area contributed by atoms with Gasteiger partial charge >= 0.3 is 0 Å². The van der Waals surface area contributed by atoms with Crippen molar-refractivity contribution < 1.29 is 4.79 Å². The number of para-hydroxylation sites is 1. The molecule has 0 bridgehead atoms. The van der Waals surface area contributed by atoms with Gasteiger partial charge in [0.1, 0.15) is 0 Å². The van der Waals surface area contributed by atoms with E-state index in [0.717, 1.165) is 16.6 Å². The molecule has 0 unspecified atom stereocenters. The van der Waals surface area contributed by atoms with Crippen LogP contribution in [0.25, 0.3) is 17.1 Å². The van der Waals surface area contributed by atoms with Gasteiger partial charge in [0, 0.05) is 18.2 Å². The van der Waals surface area contributed by atoms with Crippen LogP contribution in [0.3, 0.4) is 0 Å². The summed E-state index contributed by atoms with van der Waals surface area (Å²) >= 11 is 0. The third-order valence-corrected chi connectivity index (χ3v) is 3.99. The van der Waals surface area contributed by atoms with Crippen LogP contribution < -0.4 is 5.62 Å². The van der Waals surface area contributed by atoms with Gasteiger partial charge in [0.25, 0.3) is 0 Å². The summed E-state index contributed by atoms with van der Waals surface area (Å²) in [5, 5.41) is 8.36. The number of carbonyl (C=O) groups is 1. The lowest BCUT2D eigenvalue weighted by molar-refractivity contribution is 0.0971. The minimum Gasteiger partial charge on any atom is -0.313 e. The lowest BCUT2D eigenvalue weighted by Crippen LogP contribution is -2.25. The minimum absolute atomic E-state index is 0.00744. The average molecular weight is 305 g/mol. The Morgan fingerprint density at radius 2 is 1.87 bits per heavy atom. The highest BCUT2D eigenvalue weighted by Crippen LogP contribution is 2.19. The molecular formula is C19H19N3O. The van der Waals surface area contributed by atoms with Crippen molar-refractivity contribution in [2.75, 3.05) is 0 Å².